The second-order valence-electron chi connectivity index (χ2n) is 4.69. The van der Waals surface area contributed by atoms with Crippen molar-refractivity contribution in [3.8, 4) is 0 Å². The molecule has 2 aromatic rings. The predicted molar refractivity (Wildman–Crippen MR) is 82.7 cm³/mol. The lowest BCUT2D eigenvalue weighted by Gasteiger charge is -2.28. The molecule has 1 heterocycles. The van der Waals surface area contributed by atoms with Crippen molar-refractivity contribution in [1.29, 1.82) is 0 Å². The van der Waals surface area contributed by atoms with Gasteiger partial charge in [-0.2, -0.15) is 0 Å². The van der Waals surface area contributed by atoms with Gasteiger partial charge < -0.3 is 26.4 Å². The Hall–Kier alpha value is -1.38. The lowest BCUT2D eigenvalue weighted by molar-refractivity contribution is 0.0377. The molecule has 0 atom stereocenters. The van der Waals surface area contributed by atoms with E-state index in [4.69, 9.17) is 17.3 Å². The largest absolute Gasteiger partial charge is 0.397 e. The van der Waals surface area contributed by atoms with Gasteiger partial charge in [-0.25, -0.2) is 0 Å². The molecule has 0 aliphatic rings. The van der Waals surface area contributed by atoms with Crippen LogP contribution >= 0.6 is 22.9 Å². The Kier molecular flexibility index (Phi) is 4.70. The van der Waals surface area contributed by atoms with E-state index in [9.17, 15) is 20.1 Å². The van der Waals surface area contributed by atoms with E-state index in [-0.39, 0.29) is 10.6 Å². The average molecular weight is 331 g/mol. The van der Waals surface area contributed by atoms with Crippen LogP contribution in [0.1, 0.15) is 9.67 Å². The summed E-state index contributed by atoms with van der Waals surface area (Å²) in [6.45, 7) is -1.78. The van der Waals surface area contributed by atoms with E-state index in [0.29, 0.717) is 10.4 Å². The quantitative estimate of drug-likeness (QED) is 0.550. The number of carbonyl (C=O) groups is 1. The Morgan fingerprint density at radius 1 is 1.29 bits per heavy atom. The molecule has 6 nitrogen and oxygen atoms in total. The maximum atomic E-state index is 12.3. The summed E-state index contributed by atoms with van der Waals surface area (Å²) in [5.74, 6) is -0.568. The molecular weight excluding hydrogens is 316 g/mol. The molecule has 21 heavy (non-hydrogen) atoms. The van der Waals surface area contributed by atoms with Crippen LogP contribution < -0.4 is 11.1 Å². The molecule has 0 saturated heterocycles. The zero-order chi connectivity index (χ0) is 15.6. The number of halogens is 1. The highest BCUT2D eigenvalue weighted by atomic mass is 35.5. The van der Waals surface area contributed by atoms with Crippen LogP contribution in [0.4, 0.5) is 5.69 Å². The summed E-state index contributed by atoms with van der Waals surface area (Å²) >= 11 is 7.07. The minimum Gasteiger partial charge on any atom is -0.397 e. The minimum absolute atomic E-state index is 0.243. The number of carbonyl (C=O) groups excluding carboxylic acids is 1. The van der Waals surface area contributed by atoms with Gasteiger partial charge in [0.15, 0.2) is 0 Å². The van der Waals surface area contributed by atoms with E-state index in [1.807, 2.05) is 0 Å². The summed E-state index contributed by atoms with van der Waals surface area (Å²) in [5.41, 5.74) is 4.74. The number of benzene rings is 1. The van der Waals surface area contributed by atoms with Crippen LogP contribution in [0.5, 0.6) is 0 Å². The summed E-state index contributed by atoms with van der Waals surface area (Å²) in [5, 5.41) is 31.3. The number of amides is 1. The molecule has 0 saturated carbocycles. The van der Waals surface area contributed by atoms with E-state index in [1.165, 1.54) is 11.3 Å². The van der Waals surface area contributed by atoms with E-state index in [1.54, 1.807) is 18.2 Å². The third-order valence-electron chi connectivity index (χ3n) is 3.18. The molecule has 2 rings (SSSR count). The number of rotatable bonds is 5. The van der Waals surface area contributed by atoms with Crippen molar-refractivity contribution in [2.45, 2.75) is 5.54 Å². The molecule has 114 valence electrons. The lowest BCUT2D eigenvalue weighted by atomic mass is 10.0. The Morgan fingerprint density at radius 2 is 1.90 bits per heavy atom. The summed E-state index contributed by atoms with van der Waals surface area (Å²) < 4.78 is 0.796. The van der Waals surface area contributed by atoms with Gasteiger partial charge >= 0.3 is 0 Å². The first-order valence-corrected chi connectivity index (χ1v) is 7.28. The monoisotopic (exact) mass is 330 g/mol. The fourth-order valence-corrected chi connectivity index (χ4v) is 2.99. The lowest BCUT2D eigenvalue weighted by Crippen LogP contribution is -2.56. The maximum absolute atomic E-state index is 12.3. The highest BCUT2D eigenvalue weighted by molar-refractivity contribution is 7.21. The van der Waals surface area contributed by atoms with Crippen molar-refractivity contribution in [2.24, 2.45) is 0 Å². The second kappa shape index (κ2) is 6.17. The third-order valence-corrected chi connectivity index (χ3v) is 4.60. The molecule has 0 bridgehead atoms. The summed E-state index contributed by atoms with van der Waals surface area (Å²) in [7, 11) is 0. The minimum atomic E-state index is -1.49. The molecule has 1 aromatic heterocycles. The van der Waals surface area contributed by atoms with Gasteiger partial charge in [-0.05, 0) is 18.2 Å². The molecule has 8 heteroatoms. The highest BCUT2D eigenvalue weighted by Crippen LogP contribution is 2.35. The molecule has 6 N–H and O–H groups in total. The van der Waals surface area contributed by atoms with Crippen LogP contribution in [-0.4, -0.2) is 46.6 Å². The van der Waals surface area contributed by atoms with E-state index >= 15 is 0 Å². The smallest absolute Gasteiger partial charge is 0.264 e. The number of aliphatic hydroxyl groups is 3. The molecule has 1 amide bonds. The van der Waals surface area contributed by atoms with Crippen molar-refractivity contribution in [2.75, 3.05) is 25.6 Å². The molecule has 0 spiro atoms. The first-order valence-electron chi connectivity index (χ1n) is 6.09. The average Bonchev–Trinajstić information content (AvgIpc) is 2.82. The molecule has 0 aliphatic carbocycles. The molecule has 0 aliphatic heterocycles. The number of anilines is 1. The SMILES string of the molecule is Nc1c(C(=O)NC(CO)(CO)CO)sc2ccc(Cl)cc12. The molecule has 0 unspecified atom stereocenters. The first-order chi connectivity index (χ1) is 9.96. The summed E-state index contributed by atoms with van der Waals surface area (Å²) in [6.07, 6.45) is 0. The van der Waals surface area contributed by atoms with Crippen LogP contribution in [0.3, 0.4) is 0 Å². The Morgan fingerprint density at radius 3 is 2.48 bits per heavy atom. The predicted octanol–water partition coefficient (Wildman–Crippen LogP) is 0.582. The number of nitrogens with two attached hydrogens (primary N) is 1. The summed E-state index contributed by atoms with van der Waals surface area (Å²) in [4.78, 5) is 12.5. The van der Waals surface area contributed by atoms with Gasteiger partial charge in [0.25, 0.3) is 5.91 Å². The van der Waals surface area contributed by atoms with E-state index in [0.717, 1.165) is 4.70 Å². The van der Waals surface area contributed by atoms with Crippen molar-refractivity contribution < 1.29 is 20.1 Å². The van der Waals surface area contributed by atoms with Gasteiger partial charge in [0, 0.05) is 15.1 Å². The van der Waals surface area contributed by atoms with Crippen LogP contribution in [0, 0.1) is 0 Å². The zero-order valence-corrected chi connectivity index (χ0v) is 12.5. The van der Waals surface area contributed by atoms with Crippen LogP contribution in [-0.2, 0) is 0 Å². The van der Waals surface area contributed by atoms with E-state index < -0.39 is 31.3 Å². The molecule has 0 radical (unpaired) electrons. The number of thiophene rings is 1. The third kappa shape index (κ3) is 2.97. The van der Waals surface area contributed by atoms with Crippen LogP contribution in [0.2, 0.25) is 5.02 Å². The Balaban J connectivity index is 2.38. The standard InChI is InChI=1S/C13H15ClN2O4S/c14-7-1-2-9-8(3-7)10(15)11(21-9)12(20)16-13(4-17,5-18)6-19/h1-3,17-19H,4-6,15H2,(H,16,20). The van der Waals surface area contributed by atoms with Gasteiger partial charge in [0.05, 0.1) is 25.5 Å². The molecular formula is C13H15ClN2O4S. The second-order valence-corrected chi connectivity index (χ2v) is 6.18. The van der Waals surface area contributed by atoms with Gasteiger partial charge in [0.1, 0.15) is 10.4 Å². The van der Waals surface area contributed by atoms with E-state index in [2.05, 4.69) is 5.32 Å². The van der Waals surface area contributed by atoms with Crippen molar-refractivity contribution in [3.63, 3.8) is 0 Å². The maximum Gasteiger partial charge on any atom is 0.264 e. The molecule has 1 aromatic carbocycles. The van der Waals surface area contributed by atoms with Crippen molar-refractivity contribution >= 4 is 44.6 Å². The highest BCUT2D eigenvalue weighted by Gasteiger charge is 2.31. The van der Waals surface area contributed by atoms with Gasteiger partial charge in [-0.3, -0.25) is 4.79 Å². The Bertz CT molecular complexity index is 661. The Labute approximate surface area is 129 Å². The van der Waals surface area contributed by atoms with Crippen molar-refractivity contribution in [3.05, 3.63) is 28.1 Å². The first kappa shape index (κ1) is 16.0. The fraction of sp³-hybridized carbons (Fsp3) is 0.308. The van der Waals surface area contributed by atoms with Gasteiger partial charge in [-0.1, -0.05) is 11.6 Å². The number of nitrogen functional groups attached to an aromatic ring is 1. The number of fused-ring (bicyclic) bond motifs is 1. The van der Waals surface area contributed by atoms with Gasteiger partial charge in [-0.15, -0.1) is 11.3 Å². The van der Waals surface area contributed by atoms with Crippen LogP contribution in [0.15, 0.2) is 18.2 Å². The normalized spacial score (nSPS) is 11.8. The number of hydrogen-bond donors (Lipinski definition) is 5. The summed E-state index contributed by atoms with van der Waals surface area (Å²) in [6, 6.07) is 5.12. The fourth-order valence-electron chi connectivity index (χ4n) is 1.82. The van der Waals surface area contributed by atoms with Gasteiger partial charge in [0.2, 0.25) is 0 Å². The molecule has 0 fully saturated rings. The number of hydrogen-bond acceptors (Lipinski definition) is 6. The zero-order valence-electron chi connectivity index (χ0n) is 11.0. The number of nitrogens with one attached hydrogen (secondary N) is 1. The van der Waals surface area contributed by atoms with Crippen LogP contribution in [0.25, 0.3) is 10.1 Å². The topological polar surface area (TPSA) is 116 Å². The van der Waals surface area contributed by atoms with Crippen molar-refractivity contribution in [1.82, 2.24) is 5.32 Å². The number of aliphatic hydroxyl groups excluding tert-OH is 3.